The van der Waals surface area contributed by atoms with Crippen molar-refractivity contribution in [3.63, 3.8) is 0 Å². The Kier molecular flexibility index (Phi) is 3.75. The van der Waals surface area contributed by atoms with Crippen molar-refractivity contribution in [2.24, 2.45) is 0 Å². The highest BCUT2D eigenvalue weighted by Gasteiger charge is 2.56. The minimum absolute atomic E-state index is 0.0460. The van der Waals surface area contributed by atoms with Crippen LogP contribution in [0.15, 0.2) is 36.4 Å². The Morgan fingerprint density at radius 3 is 1.93 bits per heavy atom. The maximum Gasteiger partial charge on any atom is 0.223 e. The van der Waals surface area contributed by atoms with E-state index in [1.807, 2.05) is 0 Å². The fourth-order valence-corrected chi connectivity index (χ4v) is 6.06. The van der Waals surface area contributed by atoms with Crippen LogP contribution in [0.4, 0.5) is 0 Å². The van der Waals surface area contributed by atoms with Gasteiger partial charge in [0.25, 0.3) is 0 Å². The van der Waals surface area contributed by atoms with Crippen LogP contribution in [0.25, 0.3) is 0 Å². The van der Waals surface area contributed by atoms with Gasteiger partial charge in [0.05, 0.1) is 6.61 Å². The molecule has 4 heteroatoms. The largest absolute Gasteiger partial charge is 0.491 e. The second-order valence-electron chi connectivity index (χ2n) is 10.8. The van der Waals surface area contributed by atoms with Crippen molar-refractivity contribution in [3.05, 3.63) is 58.7 Å². The van der Waals surface area contributed by atoms with Crippen LogP contribution >= 0.6 is 0 Å². The summed E-state index contributed by atoms with van der Waals surface area (Å²) in [6.45, 7) is 11.7. The number of benzene rings is 2. The van der Waals surface area contributed by atoms with Gasteiger partial charge >= 0.3 is 0 Å². The van der Waals surface area contributed by atoms with Crippen LogP contribution in [0.2, 0.25) is 0 Å². The van der Waals surface area contributed by atoms with Crippen LogP contribution < -0.4 is 9.47 Å². The molecule has 0 radical (unpaired) electrons. The highest BCUT2D eigenvalue weighted by atomic mass is 16.8. The van der Waals surface area contributed by atoms with Gasteiger partial charge < -0.3 is 18.9 Å². The molecule has 4 aliphatic rings. The van der Waals surface area contributed by atoms with Gasteiger partial charge in [-0.25, -0.2) is 0 Å². The molecule has 2 aliphatic heterocycles. The molecule has 3 atom stereocenters. The summed E-state index contributed by atoms with van der Waals surface area (Å²) in [6, 6.07) is 13.4. The molecule has 0 N–H and O–H groups in total. The summed E-state index contributed by atoms with van der Waals surface area (Å²) in [7, 11) is 0. The van der Waals surface area contributed by atoms with Gasteiger partial charge in [0.15, 0.2) is 0 Å². The summed E-state index contributed by atoms with van der Waals surface area (Å²) >= 11 is 0. The Labute approximate surface area is 178 Å². The summed E-state index contributed by atoms with van der Waals surface area (Å²) in [4.78, 5) is 0. The third-order valence-corrected chi connectivity index (χ3v) is 7.37. The van der Waals surface area contributed by atoms with E-state index in [1.54, 1.807) is 0 Å². The lowest BCUT2D eigenvalue weighted by Crippen LogP contribution is -2.26. The van der Waals surface area contributed by atoms with Crippen molar-refractivity contribution in [1.82, 2.24) is 0 Å². The minimum Gasteiger partial charge on any atom is -0.491 e. The molecular weight excluding hydrogens is 376 g/mol. The molecule has 2 aromatic carbocycles. The SMILES string of the molecule is CC1(C)CC2(CC(C)(C)c3cc(OC4CO4)ccc32)c2ccc(OCC3CO3)cc21. The number of rotatable bonds is 5. The summed E-state index contributed by atoms with van der Waals surface area (Å²) in [5, 5.41) is 0. The first-order valence-electron chi connectivity index (χ1n) is 11.1. The van der Waals surface area contributed by atoms with Crippen molar-refractivity contribution in [1.29, 1.82) is 0 Å². The van der Waals surface area contributed by atoms with Crippen LogP contribution in [-0.2, 0) is 25.7 Å². The van der Waals surface area contributed by atoms with Crippen molar-refractivity contribution in [2.75, 3.05) is 19.8 Å². The normalized spacial score (nSPS) is 31.3. The van der Waals surface area contributed by atoms with Crippen LogP contribution in [-0.4, -0.2) is 32.2 Å². The Hall–Kier alpha value is -2.04. The molecule has 1 spiro atoms. The maximum absolute atomic E-state index is 6.02. The molecule has 0 bridgehead atoms. The maximum atomic E-state index is 6.02. The molecule has 6 rings (SSSR count). The molecule has 2 aliphatic carbocycles. The van der Waals surface area contributed by atoms with E-state index >= 15 is 0 Å². The second kappa shape index (κ2) is 6.02. The number of hydrogen-bond acceptors (Lipinski definition) is 4. The second-order valence-corrected chi connectivity index (χ2v) is 10.8. The molecule has 30 heavy (non-hydrogen) atoms. The quantitative estimate of drug-likeness (QED) is 0.666. The zero-order valence-electron chi connectivity index (χ0n) is 18.3. The predicted molar refractivity (Wildman–Crippen MR) is 115 cm³/mol. The van der Waals surface area contributed by atoms with Crippen LogP contribution in [0.5, 0.6) is 11.5 Å². The highest BCUT2D eigenvalue weighted by molar-refractivity contribution is 5.61. The first-order chi connectivity index (χ1) is 14.3. The monoisotopic (exact) mass is 406 g/mol. The molecule has 0 aromatic heterocycles. The lowest BCUT2D eigenvalue weighted by atomic mass is 9.72. The van der Waals surface area contributed by atoms with Gasteiger partial charge in [0.1, 0.15) is 30.8 Å². The van der Waals surface area contributed by atoms with E-state index in [0.717, 1.165) is 30.9 Å². The Morgan fingerprint density at radius 1 is 0.800 bits per heavy atom. The van der Waals surface area contributed by atoms with Gasteiger partial charge in [-0.3, -0.25) is 0 Å². The molecule has 2 aromatic rings. The average Bonchev–Trinajstić information content (AvgIpc) is 3.60. The third kappa shape index (κ3) is 2.88. The summed E-state index contributed by atoms with van der Waals surface area (Å²) in [5.74, 6) is 1.88. The van der Waals surface area contributed by atoms with E-state index in [4.69, 9.17) is 18.9 Å². The van der Waals surface area contributed by atoms with Gasteiger partial charge in [0, 0.05) is 5.41 Å². The lowest BCUT2D eigenvalue weighted by molar-refractivity contribution is 0.179. The molecule has 2 heterocycles. The first-order valence-corrected chi connectivity index (χ1v) is 11.1. The summed E-state index contributed by atoms with van der Waals surface area (Å²) in [6.07, 6.45) is 2.45. The number of hydrogen-bond donors (Lipinski definition) is 0. The fourth-order valence-electron chi connectivity index (χ4n) is 6.06. The first kappa shape index (κ1) is 18.7. The van der Waals surface area contributed by atoms with Gasteiger partial charge in [-0.15, -0.1) is 0 Å². The van der Waals surface area contributed by atoms with Crippen molar-refractivity contribution < 1.29 is 18.9 Å². The smallest absolute Gasteiger partial charge is 0.223 e. The Bertz CT molecular complexity index is 1020. The van der Waals surface area contributed by atoms with Crippen LogP contribution in [0.3, 0.4) is 0 Å². The summed E-state index contributed by atoms with van der Waals surface area (Å²) < 4.78 is 22.5. The van der Waals surface area contributed by atoms with Gasteiger partial charge in [-0.05, 0) is 70.2 Å². The van der Waals surface area contributed by atoms with Gasteiger partial charge in [-0.2, -0.15) is 0 Å². The van der Waals surface area contributed by atoms with E-state index in [9.17, 15) is 0 Å². The number of epoxide rings is 2. The average molecular weight is 407 g/mol. The standard InChI is InChI=1S/C26H30O4/c1-24(2)14-26(19-7-5-16(9-21(19)24)27-11-18-12-28-18)15-25(3,4)22-10-17(6-8-20(22)26)30-23-13-29-23/h5-10,18,23H,11-15H2,1-4H3. The van der Waals surface area contributed by atoms with Crippen LogP contribution in [0.1, 0.15) is 62.8 Å². The zero-order valence-corrected chi connectivity index (χ0v) is 18.3. The van der Waals surface area contributed by atoms with E-state index in [2.05, 4.69) is 64.1 Å². The molecule has 2 fully saturated rings. The molecule has 0 saturated carbocycles. The van der Waals surface area contributed by atoms with Crippen molar-refractivity contribution >= 4 is 0 Å². The zero-order chi connectivity index (χ0) is 20.7. The lowest BCUT2D eigenvalue weighted by Gasteiger charge is -2.30. The third-order valence-electron chi connectivity index (χ3n) is 7.37. The highest BCUT2D eigenvalue weighted by Crippen LogP contribution is 2.63. The van der Waals surface area contributed by atoms with E-state index in [1.165, 1.54) is 22.3 Å². The van der Waals surface area contributed by atoms with Gasteiger partial charge in [0.2, 0.25) is 6.29 Å². The van der Waals surface area contributed by atoms with Gasteiger partial charge in [-0.1, -0.05) is 39.8 Å². The number of ether oxygens (including phenoxy) is 4. The molecule has 158 valence electrons. The minimum atomic E-state index is -0.0628. The number of fused-ring (bicyclic) bond motifs is 4. The summed E-state index contributed by atoms with van der Waals surface area (Å²) in [5.41, 5.74) is 6.00. The Morgan fingerprint density at radius 2 is 1.37 bits per heavy atom. The molecule has 4 nitrogen and oxygen atoms in total. The molecule has 2 saturated heterocycles. The van der Waals surface area contributed by atoms with E-state index in [-0.39, 0.29) is 28.6 Å². The molecule has 0 amide bonds. The molecule has 3 unspecified atom stereocenters. The van der Waals surface area contributed by atoms with Crippen molar-refractivity contribution in [3.8, 4) is 11.5 Å². The topological polar surface area (TPSA) is 43.5 Å². The van der Waals surface area contributed by atoms with Crippen molar-refractivity contribution in [2.45, 2.75) is 69.2 Å². The van der Waals surface area contributed by atoms with Crippen LogP contribution in [0, 0.1) is 0 Å². The predicted octanol–water partition coefficient (Wildman–Crippen LogP) is 4.85. The van der Waals surface area contributed by atoms with E-state index < -0.39 is 0 Å². The van der Waals surface area contributed by atoms with E-state index in [0.29, 0.717) is 13.2 Å². The fraction of sp³-hybridized carbons (Fsp3) is 0.538. The molecular formula is C26H30O4. The Balaban J connectivity index is 1.42.